The monoisotopic (exact) mass is 316 g/mol. The summed E-state index contributed by atoms with van der Waals surface area (Å²) >= 11 is 0. The molecule has 2 aliphatic carbocycles. The third-order valence-electron chi connectivity index (χ3n) is 5.59. The van der Waals surface area contributed by atoms with Gasteiger partial charge in [-0.15, -0.1) is 0 Å². The van der Waals surface area contributed by atoms with E-state index < -0.39 is 5.97 Å². The fraction of sp³-hybridized carbons (Fsp3) is 0.632. The molecule has 2 N–H and O–H groups in total. The molecule has 0 saturated heterocycles. The molecule has 0 unspecified atom stereocenters. The van der Waals surface area contributed by atoms with Gasteiger partial charge in [-0.25, -0.2) is 0 Å². The number of hydrogen-bond acceptors (Lipinski definition) is 3. The maximum Gasteiger partial charge on any atom is 0.306 e. The van der Waals surface area contributed by atoms with Crippen molar-refractivity contribution in [3.8, 4) is 0 Å². The molecule has 0 spiro atoms. The van der Waals surface area contributed by atoms with Crippen LogP contribution in [0.5, 0.6) is 0 Å². The van der Waals surface area contributed by atoms with E-state index in [1.165, 1.54) is 37.1 Å². The van der Waals surface area contributed by atoms with Gasteiger partial charge >= 0.3 is 5.97 Å². The minimum Gasteiger partial charge on any atom is -0.481 e. The lowest BCUT2D eigenvalue weighted by molar-refractivity contribution is -0.142. The summed E-state index contributed by atoms with van der Waals surface area (Å²) in [4.78, 5) is 13.5. The molecule has 126 valence electrons. The van der Waals surface area contributed by atoms with Crippen molar-refractivity contribution < 1.29 is 9.90 Å². The summed E-state index contributed by atoms with van der Waals surface area (Å²) in [6, 6.07) is 9.59. The van der Waals surface area contributed by atoms with Crippen LogP contribution in [0.1, 0.15) is 51.4 Å². The van der Waals surface area contributed by atoms with Crippen LogP contribution in [0, 0.1) is 5.92 Å². The van der Waals surface area contributed by atoms with Gasteiger partial charge in [0.25, 0.3) is 0 Å². The van der Waals surface area contributed by atoms with E-state index in [2.05, 4.69) is 41.5 Å². The van der Waals surface area contributed by atoms with Crippen LogP contribution in [0.15, 0.2) is 24.3 Å². The van der Waals surface area contributed by atoms with Crippen molar-refractivity contribution in [2.24, 2.45) is 5.92 Å². The molecule has 0 heterocycles. The van der Waals surface area contributed by atoms with Crippen LogP contribution in [-0.2, 0) is 4.79 Å². The van der Waals surface area contributed by atoms with Gasteiger partial charge in [0.15, 0.2) is 0 Å². The molecule has 0 aliphatic heterocycles. The summed E-state index contributed by atoms with van der Waals surface area (Å²) < 4.78 is 0. The van der Waals surface area contributed by atoms with Crippen LogP contribution in [0.25, 0.3) is 0 Å². The molecular formula is C19H28N2O2. The number of anilines is 2. The number of benzene rings is 1. The molecule has 0 atom stereocenters. The first-order valence-electron chi connectivity index (χ1n) is 8.96. The average Bonchev–Trinajstić information content (AvgIpc) is 3.10. The lowest BCUT2D eigenvalue weighted by Crippen LogP contribution is -2.32. The second kappa shape index (κ2) is 7.24. The first-order valence-corrected chi connectivity index (χ1v) is 8.96. The molecule has 4 heteroatoms. The van der Waals surface area contributed by atoms with E-state index in [4.69, 9.17) is 5.11 Å². The summed E-state index contributed by atoms with van der Waals surface area (Å²) in [5.41, 5.74) is 2.47. The zero-order valence-corrected chi connectivity index (χ0v) is 14.0. The zero-order valence-electron chi connectivity index (χ0n) is 14.0. The first-order chi connectivity index (χ1) is 11.1. The van der Waals surface area contributed by atoms with Crippen LogP contribution in [0.2, 0.25) is 0 Å². The first kappa shape index (κ1) is 16.2. The van der Waals surface area contributed by atoms with Crippen LogP contribution >= 0.6 is 0 Å². The van der Waals surface area contributed by atoms with Crippen molar-refractivity contribution in [3.05, 3.63) is 24.3 Å². The third-order valence-corrected chi connectivity index (χ3v) is 5.59. The Morgan fingerprint density at radius 2 is 1.74 bits per heavy atom. The molecule has 0 aromatic heterocycles. The Morgan fingerprint density at radius 1 is 1.09 bits per heavy atom. The Labute approximate surface area is 138 Å². The largest absolute Gasteiger partial charge is 0.481 e. The quantitative estimate of drug-likeness (QED) is 0.858. The Balaban J connectivity index is 1.65. The topological polar surface area (TPSA) is 52.6 Å². The van der Waals surface area contributed by atoms with Crippen LogP contribution in [-0.4, -0.2) is 30.2 Å². The zero-order chi connectivity index (χ0) is 16.2. The van der Waals surface area contributed by atoms with Gasteiger partial charge < -0.3 is 15.3 Å². The summed E-state index contributed by atoms with van der Waals surface area (Å²) in [6.45, 7) is 0. The Hall–Kier alpha value is -1.71. The van der Waals surface area contributed by atoms with Gasteiger partial charge in [-0.2, -0.15) is 0 Å². The molecule has 2 saturated carbocycles. The number of nitrogens with zero attached hydrogens (tertiary/aromatic N) is 1. The predicted molar refractivity (Wildman–Crippen MR) is 94.1 cm³/mol. The van der Waals surface area contributed by atoms with Crippen molar-refractivity contribution in [1.29, 1.82) is 0 Å². The van der Waals surface area contributed by atoms with E-state index in [1.807, 2.05) is 0 Å². The van der Waals surface area contributed by atoms with E-state index in [0.29, 0.717) is 12.1 Å². The summed E-state index contributed by atoms with van der Waals surface area (Å²) in [5.74, 6) is -0.783. The maximum absolute atomic E-state index is 11.1. The van der Waals surface area contributed by atoms with Gasteiger partial charge in [-0.3, -0.25) is 4.79 Å². The third kappa shape index (κ3) is 3.80. The molecule has 1 aromatic carbocycles. The standard InChI is InChI=1S/C19H28N2O2/c1-21(16-6-2-3-7-16)18-9-5-4-8-17(18)20-15-12-10-14(11-13-15)19(22)23/h4-5,8-9,14-16,20H,2-3,6-7,10-13H2,1H3,(H,22,23). The Bertz CT molecular complexity index is 532. The van der Waals surface area contributed by atoms with Crippen molar-refractivity contribution in [3.63, 3.8) is 0 Å². The molecular weight excluding hydrogens is 288 g/mol. The van der Waals surface area contributed by atoms with E-state index >= 15 is 0 Å². The fourth-order valence-corrected chi connectivity index (χ4v) is 4.10. The number of aliphatic carboxylic acids is 1. The normalized spacial score (nSPS) is 25.3. The van der Waals surface area contributed by atoms with Crippen molar-refractivity contribution in [2.75, 3.05) is 17.3 Å². The summed E-state index contributed by atoms with van der Waals surface area (Å²) in [6.07, 6.45) is 8.70. The second-order valence-corrected chi connectivity index (χ2v) is 7.10. The number of carboxylic acid groups (broad SMARTS) is 1. The van der Waals surface area contributed by atoms with Gasteiger partial charge in [0.2, 0.25) is 0 Å². The molecule has 1 aromatic rings. The SMILES string of the molecule is CN(c1ccccc1NC1CCC(C(=O)O)CC1)C1CCCC1. The summed E-state index contributed by atoms with van der Waals surface area (Å²) in [5, 5.41) is 12.8. The van der Waals surface area contributed by atoms with Crippen molar-refractivity contribution >= 4 is 17.3 Å². The highest BCUT2D eigenvalue weighted by atomic mass is 16.4. The molecule has 2 fully saturated rings. The minimum atomic E-state index is -0.634. The Kier molecular flexibility index (Phi) is 5.09. The predicted octanol–water partition coefficient (Wildman–Crippen LogP) is 4.12. The highest BCUT2D eigenvalue weighted by Crippen LogP contribution is 2.34. The van der Waals surface area contributed by atoms with Gasteiger partial charge in [0.1, 0.15) is 0 Å². The number of para-hydroxylation sites is 2. The van der Waals surface area contributed by atoms with E-state index in [0.717, 1.165) is 25.7 Å². The number of hydrogen-bond donors (Lipinski definition) is 2. The fourth-order valence-electron chi connectivity index (χ4n) is 4.10. The second-order valence-electron chi connectivity index (χ2n) is 7.10. The molecule has 4 nitrogen and oxygen atoms in total. The van der Waals surface area contributed by atoms with Crippen LogP contribution in [0.4, 0.5) is 11.4 Å². The van der Waals surface area contributed by atoms with Gasteiger partial charge in [0.05, 0.1) is 17.3 Å². The lowest BCUT2D eigenvalue weighted by Gasteiger charge is -2.32. The summed E-state index contributed by atoms with van der Waals surface area (Å²) in [7, 11) is 2.21. The van der Waals surface area contributed by atoms with E-state index in [9.17, 15) is 4.79 Å². The highest BCUT2D eigenvalue weighted by Gasteiger charge is 2.27. The molecule has 3 rings (SSSR count). The Morgan fingerprint density at radius 3 is 2.39 bits per heavy atom. The average molecular weight is 316 g/mol. The smallest absolute Gasteiger partial charge is 0.306 e. The number of nitrogens with one attached hydrogen (secondary N) is 1. The van der Waals surface area contributed by atoms with E-state index in [1.54, 1.807) is 0 Å². The molecule has 0 amide bonds. The lowest BCUT2D eigenvalue weighted by atomic mass is 9.86. The molecule has 2 aliphatic rings. The van der Waals surface area contributed by atoms with Crippen LogP contribution in [0.3, 0.4) is 0 Å². The van der Waals surface area contributed by atoms with Crippen LogP contribution < -0.4 is 10.2 Å². The molecule has 23 heavy (non-hydrogen) atoms. The molecule has 0 bridgehead atoms. The van der Waals surface area contributed by atoms with E-state index in [-0.39, 0.29) is 5.92 Å². The van der Waals surface area contributed by atoms with Gasteiger partial charge in [-0.05, 0) is 50.7 Å². The number of carboxylic acids is 1. The van der Waals surface area contributed by atoms with Gasteiger partial charge in [-0.1, -0.05) is 25.0 Å². The number of rotatable bonds is 5. The molecule has 0 radical (unpaired) electrons. The number of carbonyl (C=O) groups is 1. The highest BCUT2D eigenvalue weighted by molar-refractivity contribution is 5.71. The minimum absolute atomic E-state index is 0.149. The van der Waals surface area contributed by atoms with Crippen molar-refractivity contribution in [2.45, 2.75) is 63.5 Å². The maximum atomic E-state index is 11.1. The van der Waals surface area contributed by atoms with Gasteiger partial charge in [0, 0.05) is 19.1 Å². The van der Waals surface area contributed by atoms with Crippen molar-refractivity contribution in [1.82, 2.24) is 0 Å².